The summed E-state index contributed by atoms with van der Waals surface area (Å²) >= 11 is 0. The summed E-state index contributed by atoms with van der Waals surface area (Å²) in [5.41, 5.74) is 14.2. The van der Waals surface area contributed by atoms with Gasteiger partial charge in [0.2, 0.25) is 0 Å². The molecule has 5 nitrogen and oxygen atoms in total. The minimum absolute atomic E-state index is 0.0397. The van der Waals surface area contributed by atoms with Crippen molar-refractivity contribution in [1.29, 1.82) is 0 Å². The lowest BCUT2D eigenvalue weighted by molar-refractivity contribution is 0.483. The molecule has 2 aromatic heterocycles. The van der Waals surface area contributed by atoms with E-state index < -0.39 is 0 Å². The maximum Gasteiger partial charge on any atom is 0.138 e. The number of aromatic nitrogens is 2. The minimum atomic E-state index is -0.0397. The molecule has 0 atom stereocenters. The van der Waals surface area contributed by atoms with E-state index in [9.17, 15) is 0 Å². The Morgan fingerprint density at radius 1 is 0.460 bits per heavy atom. The van der Waals surface area contributed by atoms with Crippen molar-refractivity contribution in [1.82, 2.24) is 9.55 Å². The number of fused-ring (bicyclic) bond motifs is 3. The Morgan fingerprint density at radius 3 is 1.81 bits per heavy atom. The second-order valence-electron chi connectivity index (χ2n) is 18.7. The molecule has 0 saturated carbocycles. The van der Waals surface area contributed by atoms with Crippen molar-refractivity contribution in [3.63, 3.8) is 0 Å². The molecule has 0 unspecified atom stereocenters. The van der Waals surface area contributed by atoms with Crippen LogP contribution in [0.3, 0.4) is 0 Å². The van der Waals surface area contributed by atoms with Crippen LogP contribution in [0.1, 0.15) is 52.7 Å². The van der Waals surface area contributed by atoms with Crippen LogP contribution in [0.5, 0.6) is 11.5 Å². The van der Waals surface area contributed by atoms with Gasteiger partial charge in [0.1, 0.15) is 17.3 Å². The number of rotatable bonds is 8. The van der Waals surface area contributed by atoms with Gasteiger partial charge in [0, 0.05) is 52.9 Å². The van der Waals surface area contributed by atoms with Crippen molar-refractivity contribution < 1.29 is 4.74 Å². The average molecular weight is 821 g/mol. The van der Waals surface area contributed by atoms with Gasteiger partial charge >= 0.3 is 0 Å². The predicted molar refractivity (Wildman–Crippen MR) is 264 cm³/mol. The van der Waals surface area contributed by atoms with Crippen molar-refractivity contribution in [3.8, 4) is 50.7 Å². The third kappa shape index (κ3) is 7.87. The summed E-state index contributed by atoms with van der Waals surface area (Å²) in [5, 5.41) is 2.33. The van der Waals surface area contributed by atoms with Crippen molar-refractivity contribution in [2.24, 2.45) is 0 Å². The first-order valence-corrected chi connectivity index (χ1v) is 21.9. The zero-order chi connectivity index (χ0) is 43.3. The number of benzene rings is 7. The topological polar surface area (TPSA) is 33.5 Å². The van der Waals surface area contributed by atoms with Crippen LogP contribution in [0.2, 0.25) is 0 Å². The fourth-order valence-electron chi connectivity index (χ4n) is 8.84. The minimum Gasteiger partial charge on any atom is -0.457 e. The molecule has 1 aliphatic heterocycles. The zero-order valence-electron chi connectivity index (χ0n) is 36.9. The first kappa shape index (κ1) is 39.7. The van der Waals surface area contributed by atoms with Crippen LogP contribution in [-0.2, 0) is 10.8 Å². The van der Waals surface area contributed by atoms with E-state index >= 15 is 0 Å². The summed E-state index contributed by atoms with van der Waals surface area (Å²) < 4.78 is 8.98. The summed E-state index contributed by atoms with van der Waals surface area (Å²) in [6.07, 6.45) is 6.25. The van der Waals surface area contributed by atoms with Gasteiger partial charge < -0.3 is 14.5 Å². The van der Waals surface area contributed by atoms with Crippen molar-refractivity contribution >= 4 is 33.2 Å². The fourth-order valence-corrected chi connectivity index (χ4v) is 8.84. The normalized spacial score (nSPS) is 13.0. The number of hydrogen-bond acceptors (Lipinski definition) is 4. The number of hydrogen-bond donors (Lipinski definition) is 0. The van der Waals surface area contributed by atoms with Crippen LogP contribution in [0.25, 0.3) is 61.0 Å². The molecule has 0 saturated heterocycles. The summed E-state index contributed by atoms with van der Waals surface area (Å²) in [6, 6.07) is 62.7. The van der Waals surface area contributed by atoms with Gasteiger partial charge in [-0.15, -0.1) is 0 Å². The van der Waals surface area contributed by atoms with E-state index in [2.05, 4.69) is 238 Å². The van der Waals surface area contributed by atoms with E-state index in [1.807, 2.05) is 12.3 Å². The van der Waals surface area contributed by atoms with Gasteiger partial charge in [-0.1, -0.05) is 145 Å². The first-order valence-electron chi connectivity index (χ1n) is 21.9. The number of pyridine rings is 1. The third-order valence-electron chi connectivity index (χ3n) is 12.2. The Kier molecular flexibility index (Phi) is 9.99. The lowest BCUT2D eigenvalue weighted by atomic mass is 9.77. The van der Waals surface area contributed by atoms with Gasteiger partial charge in [0.05, 0.1) is 17.7 Å². The molecule has 0 spiro atoms. The van der Waals surface area contributed by atoms with Crippen LogP contribution in [0.4, 0.5) is 11.4 Å². The van der Waals surface area contributed by atoms with Crippen LogP contribution in [0, 0.1) is 0 Å². The standard InChI is InChI=1S/C58H52N4O/c1-57(2,3)45-24-26-50(53(36-45)58(4,5)6)42-28-29-59-56(35-42)62-54-23-14-13-22-51(54)52-27-25-49(38-55(52)62)63-48-21-15-20-46(37-48)60-30-31-61(39-60)47-33-43(40-16-9-7-10-17-40)32-44(34-47)41-18-11-8-12-19-41/h7-38H,39H2,1-6H3. The van der Waals surface area contributed by atoms with E-state index in [4.69, 9.17) is 9.72 Å². The molecule has 0 N–H and O–H groups in total. The molecule has 5 heteroatoms. The largest absolute Gasteiger partial charge is 0.457 e. The van der Waals surface area contributed by atoms with Gasteiger partial charge in [-0.2, -0.15) is 0 Å². The highest BCUT2D eigenvalue weighted by atomic mass is 16.5. The Labute approximate surface area is 371 Å². The van der Waals surface area contributed by atoms with Crippen LogP contribution in [0.15, 0.2) is 195 Å². The molecule has 63 heavy (non-hydrogen) atoms. The molecule has 0 fully saturated rings. The Morgan fingerprint density at radius 2 is 1.11 bits per heavy atom. The molecule has 0 bridgehead atoms. The lowest BCUT2D eigenvalue weighted by Gasteiger charge is -2.27. The van der Waals surface area contributed by atoms with Gasteiger partial charge in [-0.3, -0.25) is 4.57 Å². The van der Waals surface area contributed by atoms with Gasteiger partial charge in [-0.25, -0.2) is 4.98 Å². The Hall–Kier alpha value is -7.37. The van der Waals surface area contributed by atoms with E-state index in [0.717, 1.165) is 50.7 Å². The molecule has 0 amide bonds. The van der Waals surface area contributed by atoms with E-state index in [1.54, 1.807) is 0 Å². The number of anilines is 2. The van der Waals surface area contributed by atoms with Gasteiger partial charge in [0.15, 0.2) is 0 Å². The summed E-state index contributed by atoms with van der Waals surface area (Å²) in [5.74, 6) is 2.40. The van der Waals surface area contributed by atoms with Crippen molar-refractivity contribution in [2.75, 3.05) is 16.5 Å². The highest BCUT2D eigenvalue weighted by Gasteiger charge is 2.24. The van der Waals surface area contributed by atoms with E-state index in [1.165, 1.54) is 44.3 Å². The highest BCUT2D eigenvalue weighted by molar-refractivity contribution is 6.09. The summed E-state index contributed by atoms with van der Waals surface area (Å²) in [4.78, 5) is 9.55. The Bertz CT molecular complexity index is 3090. The third-order valence-corrected chi connectivity index (χ3v) is 12.2. The highest BCUT2D eigenvalue weighted by Crippen LogP contribution is 2.40. The second kappa shape index (κ2) is 15.8. The molecule has 1 aliphatic rings. The predicted octanol–water partition coefficient (Wildman–Crippen LogP) is 15.3. The van der Waals surface area contributed by atoms with Crippen LogP contribution in [-0.4, -0.2) is 16.2 Å². The summed E-state index contributed by atoms with van der Waals surface area (Å²) in [7, 11) is 0. The van der Waals surface area contributed by atoms with E-state index in [0.29, 0.717) is 6.67 Å². The number of ether oxygens (including phenoxy) is 1. The zero-order valence-corrected chi connectivity index (χ0v) is 36.9. The maximum absolute atomic E-state index is 6.70. The molecule has 10 rings (SSSR count). The van der Waals surface area contributed by atoms with Crippen LogP contribution >= 0.6 is 0 Å². The molecule has 0 radical (unpaired) electrons. The van der Waals surface area contributed by atoms with Gasteiger partial charge in [0.25, 0.3) is 0 Å². The van der Waals surface area contributed by atoms with Crippen molar-refractivity contribution in [2.45, 2.75) is 52.4 Å². The molecule has 3 heterocycles. The number of para-hydroxylation sites is 1. The Balaban J connectivity index is 0.954. The maximum atomic E-state index is 6.70. The second-order valence-corrected chi connectivity index (χ2v) is 18.7. The smallest absolute Gasteiger partial charge is 0.138 e. The van der Waals surface area contributed by atoms with Crippen LogP contribution < -0.4 is 14.5 Å². The summed E-state index contributed by atoms with van der Waals surface area (Å²) in [6.45, 7) is 14.4. The molecular weight excluding hydrogens is 769 g/mol. The van der Waals surface area contributed by atoms with Gasteiger partial charge in [-0.05, 0) is 116 Å². The SMILES string of the molecule is CC(C)(C)c1ccc(-c2ccnc(-n3c4ccccc4c4ccc(Oc5cccc(N6C=CN(c7cc(-c8ccccc8)cc(-c8ccccc8)c7)C6)c5)cc43)c2)c(C(C)(C)C)c1. The fraction of sp³-hybridized carbons (Fsp3) is 0.155. The average Bonchev–Trinajstić information content (AvgIpc) is 3.93. The molecule has 7 aromatic carbocycles. The molecule has 310 valence electrons. The van der Waals surface area contributed by atoms with Crippen molar-refractivity contribution in [3.05, 3.63) is 206 Å². The monoisotopic (exact) mass is 820 g/mol. The molecule has 0 aliphatic carbocycles. The molecule has 9 aromatic rings. The number of nitrogens with zero attached hydrogens (tertiary/aromatic N) is 4. The molecular formula is C58H52N4O. The first-order chi connectivity index (χ1) is 30.5. The van der Waals surface area contributed by atoms with E-state index in [-0.39, 0.29) is 10.8 Å². The lowest BCUT2D eigenvalue weighted by Crippen LogP contribution is -2.24. The quantitative estimate of drug-likeness (QED) is 0.153.